The molecule has 0 aliphatic heterocycles. The molecular formula is C24H21N5O3. The van der Waals surface area contributed by atoms with Gasteiger partial charge in [-0.1, -0.05) is 18.2 Å². The number of rotatable bonds is 6. The van der Waals surface area contributed by atoms with Gasteiger partial charge in [0.15, 0.2) is 0 Å². The highest BCUT2D eigenvalue weighted by Crippen LogP contribution is 2.24. The number of carbonyl (C=O) groups is 2. The van der Waals surface area contributed by atoms with E-state index in [1.807, 2.05) is 12.1 Å². The normalized spacial score (nSPS) is 10.7. The number of imidazole rings is 1. The number of nitrogens with one attached hydrogen (secondary N) is 3. The van der Waals surface area contributed by atoms with Gasteiger partial charge in [0.25, 0.3) is 5.91 Å². The van der Waals surface area contributed by atoms with Crippen molar-refractivity contribution in [3.8, 4) is 11.1 Å². The van der Waals surface area contributed by atoms with Gasteiger partial charge in [0.05, 0.1) is 30.0 Å². The smallest absolute Gasteiger partial charge is 0.337 e. The van der Waals surface area contributed by atoms with E-state index in [2.05, 4.69) is 15.3 Å². The number of benzene rings is 3. The fraction of sp³-hybridized carbons (Fsp3) is 0.0833. The van der Waals surface area contributed by atoms with Gasteiger partial charge in [-0.15, -0.1) is 0 Å². The van der Waals surface area contributed by atoms with Crippen molar-refractivity contribution in [2.75, 3.05) is 7.11 Å². The van der Waals surface area contributed by atoms with E-state index < -0.39 is 5.97 Å². The van der Waals surface area contributed by atoms with E-state index in [1.165, 1.54) is 7.11 Å². The minimum absolute atomic E-state index is 0.0438. The predicted octanol–water partition coefficient (Wildman–Crippen LogP) is 3.23. The molecule has 0 aliphatic carbocycles. The summed E-state index contributed by atoms with van der Waals surface area (Å²) in [4.78, 5) is 32.0. The third kappa shape index (κ3) is 4.34. The van der Waals surface area contributed by atoms with Crippen LogP contribution in [0.2, 0.25) is 0 Å². The molecule has 5 N–H and O–H groups in total. The van der Waals surface area contributed by atoms with Crippen molar-refractivity contribution in [1.82, 2.24) is 15.3 Å². The molecular weight excluding hydrogens is 406 g/mol. The van der Waals surface area contributed by atoms with Crippen molar-refractivity contribution in [2.45, 2.75) is 6.54 Å². The summed E-state index contributed by atoms with van der Waals surface area (Å²) in [7, 11) is 1.32. The number of carbonyl (C=O) groups excluding carboxylic acids is 2. The number of nitrogens with two attached hydrogens (primary N) is 1. The summed E-state index contributed by atoms with van der Waals surface area (Å²) in [6.45, 7) is 0.212. The van der Waals surface area contributed by atoms with Crippen molar-refractivity contribution in [2.24, 2.45) is 5.73 Å². The van der Waals surface area contributed by atoms with Gasteiger partial charge in [-0.05, 0) is 59.2 Å². The minimum Gasteiger partial charge on any atom is -0.465 e. The zero-order valence-corrected chi connectivity index (χ0v) is 17.3. The van der Waals surface area contributed by atoms with E-state index in [4.69, 9.17) is 15.9 Å². The Hall–Kier alpha value is -4.46. The van der Waals surface area contributed by atoms with E-state index in [0.717, 1.165) is 27.7 Å². The Morgan fingerprint density at radius 1 is 1.03 bits per heavy atom. The second-order valence-electron chi connectivity index (χ2n) is 7.22. The van der Waals surface area contributed by atoms with Crippen LogP contribution in [0.4, 0.5) is 0 Å². The van der Waals surface area contributed by atoms with Gasteiger partial charge in [0, 0.05) is 17.7 Å². The lowest BCUT2D eigenvalue weighted by molar-refractivity contribution is 0.0600. The number of fused-ring (bicyclic) bond motifs is 1. The molecule has 0 saturated heterocycles. The maximum Gasteiger partial charge on any atom is 0.337 e. The summed E-state index contributed by atoms with van der Waals surface area (Å²) in [6.07, 6.45) is 1.58. The number of hydrogen-bond acceptors (Lipinski definition) is 5. The molecule has 0 bridgehead atoms. The van der Waals surface area contributed by atoms with Gasteiger partial charge in [-0.3, -0.25) is 10.2 Å². The van der Waals surface area contributed by atoms with E-state index in [9.17, 15) is 9.59 Å². The highest BCUT2D eigenvalue weighted by atomic mass is 16.5. The molecule has 0 fully saturated rings. The Balaban J connectivity index is 1.61. The second-order valence-corrected chi connectivity index (χ2v) is 7.22. The third-order valence-corrected chi connectivity index (χ3v) is 5.06. The number of nitrogen functional groups attached to an aromatic ring is 1. The average Bonchev–Trinajstić information content (AvgIpc) is 3.29. The highest BCUT2D eigenvalue weighted by Gasteiger charge is 2.13. The molecule has 8 heteroatoms. The first-order valence-corrected chi connectivity index (χ1v) is 9.83. The highest BCUT2D eigenvalue weighted by molar-refractivity contribution is 5.98. The van der Waals surface area contributed by atoms with E-state index in [-0.39, 0.29) is 18.3 Å². The number of aromatic nitrogens is 2. The maximum atomic E-state index is 12.7. The second kappa shape index (κ2) is 8.73. The number of amidine groups is 1. The maximum absolute atomic E-state index is 12.7. The molecule has 0 radical (unpaired) electrons. The molecule has 8 nitrogen and oxygen atoms in total. The zero-order chi connectivity index (χ0) is 22.7. The van der Waals surface area contributed by atoms with Crippen LogP contribution in [0.3, 0.4) is 0 Å². The van der Waals surface area contributed by atoms with Crippen LogP contribution < -0.4 is 11.1 Å². The number of esters is 1. The fourth-order valence-electron chi connectivity index (χ4n) is 3.42. The van der Waals surface area contributed by atoms with Crippen LogP contribution in [-0.2, 0) is 11.3 Å². The monoisotopic (exact) mass is 427 g/mol. The fourth-order valence-corrected chi connectivity index (χ4v) is 3.42. The van der Waals surface area contributed by atoms with Gasteiger partial charge < -0.3 is 20.8 Å². The molecule has 3 aromatic carbocycles. The minimum atomic E-state index is -0.480. The van der Waals surface area contributed by atoms with Crippen LogP contribution in [0.5, 0.6) is 0 Å². The zero-order valence-electron chi connectivity index (χ0n) is 17.3. The Bertz CT molecular complexity index is 1340. The molecule has 0 saturated carbocycles. The summed E-state index contributed by atoms with van der Waals surface area (Å²) in [5.41, 5.74) is 10.9. The van der Waals surface area contributed by atoms with Crippen molar-refractivity contribution >= 4 is 28.7 Å². The van der Waals surface area contributed by atoms with Crippen molar-refractivity contribution in [3.05, 3.63) is 89.2 Å². The quantitative estimate of drug-likeness (QED) is 0.213. The molecule has 1 amide bonds. The number of hydrogen-bond donors (Lipinski definition) is 4. The van der Waals surface area contributed by atoms with Crippen LogP contribution in [0.15, 0.2) is 67.0 Å². The van der Waals surface area contributed by atoms with Gasteiger partial charge in [-0.2, -0.15) is 0 Å². The molecule has 0 atom stereocenters. The van der Waals surface area contributed by atoms with Crippen LogP contribution in [0, 0.1) is 5.41 Å². The molecule has 1 aromatic heterocycles. The summed E-state index contributed by atoms with van der Waals surface area (Å²) >= 11 is 0. The van der Waals surface area contributed by atoms with E-state index >= 15 is 0 Å². The van der Waals surface area contributed by atoms with Crippen LogP contribution in [0.25, 0.3) is 22.2 Å². The van der Waals surface area contributed by atoms with Gasteiger partial charge in [0.1, 0.15) is 5.84 Å². The Kier molecular flexibility index (Phi) is 5.67. The SMILES string of the molecule is COC(=O)c1cc(CNC(=O)c2ccc3nc[nH]c3c2)cc(-c2cccc(C(=N)N)c2)c1. The lowest BCUT2D eigenvalue weighted by Crippen LogP contribution is -2.23. The van der Waals surface area contributed by atoms with Crippen molar-refractivity contribution in [1.29, 1.82) is 5.41 Å². The molecule has 1 heterocycles. The molecule has 160 valence electrons. The first kappa shape index (κ1) is 20.8. The van der Waals surface area contributed by atoms with Gasteiger partial charge >= 0.3 is 5.97 Å². The first-order chi connectivity index (χ1) is 15.4. The number of ether oxygens (including phenoxy) is 1. The van der Waals surface area contributed by atoms with Crippen LogP contribution >= 0.6 is 0 Å². The molecule has 0 unspecified atom stereocenters. The van der Waals surface area contributed by atoms with Crippen molar-refractivity contribution < 1.29 is 14.3 Å². The summed E-state index contributed by atoms with van der Waals surface area (Å²) in [5.74, 6) is -0.769. The largest absolute Gasteiger partial charge is 0.465 e. The Morgan fingerprint density at radius 3 is 2.62 bits per heavy atom. The lowest BCUT2D eigenvalue weighted by atomic mass is 9.98. The summed E-state index contributed by atoms with van der Waals surface area (Å²) in [6, 6.07) is 17.7. The van der Waals surface area contributed by atoms with Crippen LogP contribution in [0.1, 0.15) is 31.8 Å². The third-order valence-electron chi connectivity index (χ3n) is 5.06. The molecule has 4 rings (SSSR count). The number of H-pyrrole nitrogens is 1. The number of methoxy groups -OCH3 is 1. The predicted molar refractivity (Wildman–Crippen MR) is 121 cm³/mol. The Labute approximate surface area is 183 Å². The standard InChI is InChI=1S/C24H21N5O3/c1-32-24(31)19-8-14(7-18(10-19)15-3-2-4-16(9-15)22(25)26)12-27-23(30)17-5-6-20-21(11-17)29-13-28-20/h2-11,13H,12H2,1H3,(H3,25,26)(H,27,30)(H,28,29). The van der Waals surface area contributed by atoms with Gasteiger partial charge in [-0.25, -0.2) is 9.78 Å². The van der Waals surface area contributed by atoms with Crippen molar-refractivity contribution in [3.63, 3.8) is 0 Å². The van der Waals surface area contributed by atoms with Gasteiger partial charge in [0.2, 0.25) is 0 Å². The van der Waals surface area contributed by atoms with E-state index in [0.29, 0.717) is 16.7 Å². The van der Waals surface area contributed by atoms with Crippen LogP contribution in [-0.4, -0.2) is 34.8 Å². The number of amides is 1. The summed E-state index contributed by atoms with van der Waals surface area (Å²) < 4.78 is 4.88. The molecule has 4 aromatic rings. The molecule has 32 heavy (non-hydrogen) atoms. The number of nitrogens with zero attached hydrogens (tertiary/aromatic N) is 1. The van der Waals surface area contributed by atoms with E-state index in [1.54, 1.807) is 54.9 Å². The Morgan fingerprint density at radius 2 is 1.84 bits per heavy atom. The first-order valence-electron chi connectivity index (χ1n) is 9.83. The molecule has 0 spiro atoms. The average molecular weight is 427 g/mol. The molecule has 0 aliphatic rings. The number of aromatic amines is 1. The summed E-state index contributed by atoms with van der Waals surface area (Å²) in [5, 5.41) is 10.5. The lowest BCUT2D eigenvalue weighted by Gasteiger charge is -2.11. The topological polar surface area (TPSA) is 134 Å².